The van der Waals surface area contributed by atoms with E-state index in [1.807, 2.05) is 20.8 Å². The summed E-state index contributed by atoms with van der Waals surface area (Å²) in [4.78, 5) is 23.8. The molecule has 21 heavy (non-hydrogen) atoms. The van der Waals surface area contributed by atoms with E-state index in [1.54, 1.807) is 18.2 Å². The quantitative estimate of drug-likeness (QED) is 0.616. The number of hydrogen-bond acceptors (Lipinski definition) is 5. The van der Waals surface area contributed by atoms with E-state index in [0.717, 1.165) is 6.42 Å². The van der Waals surface area contributed by atoms with Gasteiger partial charge in [0.15, 0.2) is 6.61 Å². The monoisotopic (exact) mass is 294 g/mol. The molecule has 0 saturated carbocycles. The van der Waals surface area contributed by atoms with Crippen LogP contribution in [0.15, 0.2) is 18.2 Å². The van der Waals surface area contributed by atoms with Crippen molar-refractivity contribution in [1.29, 1.82) is 0 Å². The molecule has 0 radical (unpaired) electrons. The van der Waals surface area contributed by atoms with E-state index in [2.05, 4.69) is 5.32 Å². The van der Waals surface area contributed by atoms with Crippen LogP contribution in [0.1, 0.15) is 37.6 Å². The molecule has 6 nitrogen and oxygen atoms in total. The number of methoxy groups -OCH3 is 1. The van der Waals surface area contributed by atoms with E-state index in [1.165, 1.54) is 7.11 Å². The SMILES string of the molecule is CCC(C)(C)NC(=O)COC(=O)c1c(N)cccc1OC. The Labute approximate surface area is 124 Å². The van der Waals surface area contributed by atoms with Crippen LogP contribution < -0.4 is 15.8 Å². The standard InChI is InChI=1S/C15H22N2O4/c1-5-15(2,3)17-12(18)9-21-14(19)13-10(16)7-6-8-11(13)20-4/h6-8H,5,9,16H2,1-4H3,(H,17,18). The van der Waals surface area contributed by atoms with Crippen LogP contribution in [0.4, 0.5) is 5.69 Å². The molecule has 6 heteroatoms. The van der Waals surface area contributed by atoms with Crippen molar-refractivity contribution in [3.05, 3.63) is 23.8 Å². The van der Waals surface area contributed by atoms with E-state index >= 15 is 0 Å². The second kappa shape index (κ2) is 6.97. The van der Waals surface area contributed by atoms with E-state index in [-0.39, 0.29) is 29.3 Å². The van der Waals surface area contributed by atoms with Gasteiger partial charge in [0.05, 0.1) is 7.11 Å². The fourth-order valence-electron chi connectivity index (χ4n) is 1.64. The maximum atomic E-state index is 12.0. The number of hydrogen-bond donors (Lipinski definition) is 2. The minimum absolute atomic E-state index is 0.127. The maximum absolute atomic E-state index is 12.0. The second-order valence-corrected chi connectivity index (χ2v) is 5.29. The molecule has 1 aromatic carbocycles. The number of nitrogen functional groups attached to an aromatic ring is 1. The lowest BCUT2D eigenvalue weighted by Gasteiger charge is -2.24. The van der Waals surface area contributed by atoms with Crippen LogP contribution in [0.5, 0.6) is 5.75 Å². The van der Waals surface area contributed by atoms with Crippen molar-refractivity contribution in [2.45, 2.75) is 32.7 Å². The van der Waals surface area contributed by atoms with Gasteiger partial charge in [-0.25, -0.2) is 4.79 Å². The van der Waals surface area contributed by atoms with Crippen LogP contribution in [0.3, 0.4) is 0 Å². The number of nitrogens with one attached hydrogen (secondary N) is 1. The summed E-state index contributed by atoms with van der Waals surface area (Å²) in [5.74, 6) is -0.729. The number of amides is 1. The Morgan fingerprint density at radius 2 is 2.00 bits per heavy atom. The molecule has 0 heterocycles. The molecule has 0 aliphatic rings. The van der Waals surface area contributed by atoms with Gasteiger partial charge in [-0.05, 0) is 32.4 Å². The number of rotatable bonds is 6. The Morgan fingerprint density at radius 3 is 2.57 bits per heavy atom. The van der Waals surface area contributed by atoms with Gasteiger partial charge in [0.1, 0.15) is 11.3 Å². The Kier molecular flexibility index (Phi) is 5.58. The summed E-state index contributed by atoms with van der Waals surface area (Å²) in [5, 5.41) is 2.78. The topological polar surface area (TPSA) is 90.7 Å². The molecule has 0 aliphatic heterocycles. The first-order chi connectivity index (χ1) is 9.80. The number of esters is 1. The lowest BCUT2D eigenvalue weighted by atomic mass is 10.0. The van der Waals surface area contributed by atoms with Gasteiger partial charge in [0.2, 0.25) is 0 Å². The van der Waals surface area contributed by atoms with Crippen molar-refractivity contribution in [2.24, 2.45) is 0 Å². The Balaban J connectivity index is 2.69. The van der Waals surface area contributed by atoms with Crippen molar-refractivity contribution in [3.63, 3.8) is 0 Å². The summed E-state index contributed by atoms with van der Waals surface area (Å²) >= 11 is 0. The van der Waals surface area contributed by atoms with E-state index in [4.69, 9.17) is 15.2 Å². The summed E-state index contributed by atoms with van der Waals surface area (Å²) in [6.45, 7) is 5.39. The molecule has 0 saturated heterocycles. The van der Waals surface area contributed by atoms with Crippen molar-refractivity contribution in [3.8, 4) is 5.75 Å². The normalized spacial score (nSPS) is 10.9. The van der Waals surface area contributed by atoms with E-state index in [0.29, 0.717) is 5.75 Å². The highest BCUT2D eigenvalue weighted by Gasteiger charge is 2.21. The Morgan fingerprint density at radius 1 is 1.33 bits per heavy atom. The Bertz CT molecular complexity index is 526. The number of carbonyl (C=O) groups excluding carboxylic acids is 2. The predicted molar refractivity (Wildman–Crippen MR) is 80.2 cm³/mol. The number of ether oxygens (including phenoxy) is 2. The maximum Gasteiger partial charge on any atom is 0.344 e. The molecule has 1 amide bonds. The van der Waals surface area contributed by atoms with Crippen molar-refractivity contribution in [2.75, 3.05) is 19.5 Å². The van der Waals surface area contributed by atoms with Crippen LogP contribution in [0.2, 0.25) is 0 Å². The zero-order valence-corrected chi connectivity index (χ0v) is 12.9. The fourth-order valence-corrected chi connectivity index (χ4v) is 1.64. The third kappa shape index (κ3) is 4.66. The van der Waals surface area contributed by atoms with Crippen molar-refractivity contribution in [1.82, 2.24) is 5.32 Å². The summed E-state index contributed by atoms with van der Waals surface area (Å²) in [6, 6.07) is 4.84. The number of carbonyl (C=O) groups is 2. The minimum atomic E-state index is -0.686. The number of anilines is 1. The zero-order valence-electron chi connectivity index (χ0n) is 12.9. The highest BCUT2D eigenvalue weighted by molar-refractivity contribution is 5.99. The first-order valence-corrected chi connectivity index (χ1v) is 6.71. The molecular formula is C15H22N2O4. The van der Waals surface area contributed by atoms with Crippen molar-refractivity contribution >= 4 is 17.6 Å². The molecule has 1 aromatic rings. The first-order valence-electron chi connectivity index (χ1n) is 6.71. The van der Waals surface area contributed by atoms with Crippen molar-refractivity contribution < 1.29 is 19.1 Å². The predicted octanol–water partition coefficient (Wildman–Crippen LogP) is 1.74. The first kappa shape index (κ1) is 16.8. The van der Waals surface area contributed by atoms with Gasteiger partial charge in [0.25, 0.3) is 5.91 Å². The zero-order chi connectivity index (χ0) is 16.0. The largest absolute Gasteiger partial charge is 0.496 e. The lowest BCUT2D eigenvalue weighted by molar-refractivity contribution is -0.125. The highest BCUT2D eigenvalue weighted by atomic mass is 16.5. The lowest BCUT2D eigenvalue weighted by Crippen LogP contribution is -2.44. The molecule has 3 N–H and O–H groups in total. The summed E-state index contributed by atoms with van der Waals surface area (Å²) in [7, 11) is 1.43. The molecule has 0 aromatic heterocycles. The number of nitrogens with two attached hydrogens (primary N) is 1. The molecule has 0 atom stereocenters. The summed E-state index contributed by atoms with van der Waals surface area (Å²) in [5.41, 5.74) is 5.78. The molecule has 0 unspecified atom stereocenters. The van der Waals surface area contributed by atoms with Gasteiger partial charge >= 0.3 is 5.97 Å². The highest BCUT2D eigenvalue weighted by Crippen LogP contribution is 2.24. The third-order valence-corrected chi connectivity index (χ3v) is 3.18. The van der Waals surface area contributed by atoms with Gasteiger partial charge in [-0.1, -0.05) is 13.0 Å². The minimum Gasteiger partial charge on any atom is -0.496 e. The van der Waals surface area contributed by atoms with E-state index < -0.39 is 5.97 Å². The van der Waals surface area contributed by atoms with Gasteiger partial charge < -0.3 is 20.5 Å². The van der Waals surface area contributed by atoms with Crippen LogP contribution >= 0.6 is 0 Å². The van der Waals surface area contributed by atoms with Crippen LogP contribution in [-0.4, -0.2) is 31.1 Å². The average molecular weight is 294 g/mol. The van der Waals surface area contributed by atoms with Gasteiger partial charge in [0, 0.05) is 11.2 Å². The van der Waals surface area contributed by atoms with E-state index in [9.17, 15) is 9.59 Å². The second-order valence-electron chi connectivity index (χ2n) is 5.29. The molecule has 0 fully saturated rings. The Hall–Kier alpha value is -2.24. The molecule has 116 valence electrons. The van der Waals surface area contributed by atoms with Crippen LogP contribution in [0, 0.1) is 0 Å². The molecule has 0 aliphatic carbocycles. The number of benzene rings is 1. The molecule has 1 rings (SSSR count). The molecule has 0 spiro atoms. The van der Waals surface area contributed by atoms with Crippen LogP contribution in [-0.2, 0) is 9.53 Å². The summed E-state index contributed by atoms with van der Waals surface area (Å²) in [6.07, 6.45) is 0.770. The van der Waals surface area contributed by atoms with Gasteiger partial charge in [-0.2, -0.15) is 0 Å². The fraction of sp³-hybridized carbons (Fsp3) is 0.467. The summed E-state index contributed by atoms with van der Waals surface area (Å²) < 4.78 is 10.1. The molecule has 0 bridgehead atoms. The van der Waals surface area contributed by atoms with Gasteiger partial charge in [-0.3, -0.25) is 4.79 Å². The smallest absolute Gasteiger partial charge is 0.344 e. The average Bonchev–Trinajstić information content (AvgIpc) is 2.44. The van der Waals surface area contributed by atoms with Crippen LogP contribution in [0.25, 0.3) is 0 Å². The third-order valence-electron chi connectivity index (χ3n) is 3.18. The van der Waals surface area contributed by atoms with Gasteiger partial charge in [-0.15, -0.1) is 0 Å². The molecular weight excluding hydrogens is 272 g/mol.